The molecule has 1 heterocycles. The van der Waals surface area contributed by atoms with Gasteiger partial charge in [0, 0.05) is 23.4 Å². The molecule has 0 radical (unpaired) electrons. The number of aromatic nitrogens is 3. The van der Waals surface area contributed by atoms with Crippen LogP contribution in [0.1, 0.15) is 44.0 Å². The van der Waals surface area contributed by atoms with E-state index in [2.05, 4.69) is 70.3 Å². The van der Waals surface area contributed by atoms with Gasteiger partial charge in [0.2, 0.25) is 0 Å². The Morgan fingerprint density at radius 1 is 1.30 bits per heavy atom. The lowest BCUT2D eigenvalue weighted by Gasteiger charge is -2.17. The Morgan fingerprint density at radius 3 is 2.65 bits per heavy atom. The molecule has 0 fully saturated rings. The monoisotopic (exact) mass is 336 g/mol. The number of aryl methyl sites for hydroxylation is 2. The van der Waals surface area contributed by atoms with E-state index in [1.807, 2.05) is 11.7 Å². The maximum Gasteiger partial charge on any atom is 0.151 e. The lowest BCUT2D eigenvalue weighted by Crippen LogP contribution is -2.16. The summed E-state index contributed by atoms with van der Waals surface area (Å²) >= 11 is 3.55. The van der Waals surface area contributed by atoms with E-state index in [0.29, 0.717) is 0 Å². The van der Waals surface area contributed by atoms with Crippen LogP contribution in [0.5, 0.6) is 0 Å². The second kappa shape index (κ2) is 6.50. The average molecular weight is 337 g/mol. The fraction of sp³-hybridized carbons (Fsp3) is 0.467. The van der Waals surface area contributed by atoms with Crippen molar-refractivity contribution in [2.24, 2.45) is 0 Å². The summed E-state index contributed by atoms with van der Waals surface area (Å²) in [5.74, 6) is 1.90. The van der Waals surface area contributed by atoms with Gasteiger partial charge in [-0.2, -0.15) is 5.10 Å². The van der Waals surface area contributed by atoms with Crippen molar-refractivity contribution in [1.82, 2.24) is 20.1 Å². The maximum absolute atomic E-state index is 4.65. The third kappa shape index (κ3) is 2.94. The molecule has 4 nitrogen and oxygen atoms in total. The number of nitrogens with zero attached hydrogens (tertiary/aromatic N) is 3. The highest BCUT2D eigenvalue weighted by Crippen LogP contribution is 2.26. The van der Waals surface area contributed by atoms with E-state index in [-0.39, 0.29) is 6.04 Å². The van der Waals surface area contributed by atoms with E-state index in [1.54, 1.807) is 0 Å². The summed E-state index contributed by atoms with van der Waals surface area (Å²) in [7, 11) is 1.97. The number of hydrogen-bond acceptors (Lipinski definition) is 3. The van der Waals surface area contributed by atoms with Gasteiger partial charge in [-0.15, -0.1) is 0 Å². The number of halogens is 1. The van der Waals surface area contributed by atoms with Gasteiger partial charge in [-0.1, -0.05) is 35.8 Å². The normalized spacial score (nSPS) is 12.7. The predicted octanol–water partition coefficient (Wildman–Crippen LogP) is 3.44. The first-order valence-electron chi connectivity index (χ1n) is 7.02. The van der Waals surface area contributed by atoms with Crippen molar-refractivity contribution in [3.8, 4) is 5.69 Å². The molecule has 5 heteroatoms. The fourth-order valence-electron chi connectivity index (χ4n) is 2.19. The first kappa shape index (κ1) is 15.2. The van der Waals surface area contributed by atoms with Crippen LogP contribution in [0, 0.1) is 0 Å². The quantitative estimate of drug-likeness (QED) is 0.909. The van der Waals surface area contributed by atoms with Crippen LogP contribution in [-0.4, -0.2) is 21.8 Å². The van der Waals surface area contributed by atoms with Crippen LogP contribution in [0.15, 0.2) is 22.7 Å². The average Bonchev–Trinajstić information content (AvgIpc) is 2.89. The summed E-state index contributed by atoms with van der Waals surface area (Å²) in [4.78, 5) is 4.60. The van der Waals surface area contributed by atoms with Crippen molar-refractivity contribution in [2.75, 3.05) is 7.05 Å². The Hall–Kier alpha value is -1.20. The molecule has 1 atom stereocenters. The molecular formula is C15H21BrN4. The van der Waals surface area contributed by atoms with Gasteiger partial charge in [-0.25, -0.2) is 9.67 Å². The number of hydrogen-bond donors (Lipinski definition) is 1. The van der Waals surface area contributed by atoms with E-state index in [1.165, 1.54) is 5.56 Å². The summed E-state index contributed by atoms with van der Waals surface area (Å²) in [6.45, 7) is 6.34. The SMILES string of the molecule is CCc1nc(CC)n(-c2cc(Br)ccc2C(C)NC)n1. The van der Waals surface area contributed by atoms with Crippen LogP contribution in [0.25, 0.3) is 5.69 Å². The van der Waals surface area contributed by atoms with E-state index in [9.17, 15) is 0 Å². The standard InChI is InChI=1S/C15H21BrN4/c1-5-14-18-15(6-2)20(19-14)13-9-11(16)7-8-12(13)10(3)17-4/h7-10,17H,5-6H2,1-4H3. The number of benzene rings is 1. The first-order valence-corrected chi connectivity index (χ1v) is 7.81. The minimum absolute atomic E-state index is 0.261. The molecule has 0 saturated carbocycles. The molecule has 0 aliphatic rings. The van der Waals surface area contributed by atoms with Crippen molar-refractivity contribution in [3.05, 3.63) is 39.9 Å². The Balaban J connectivity index is 2.61. The van der Waals surface area contributed by atoms with Gasteiger partial charge < -0.3 is 5.32 Å². The van der Waals surface area contributed by atoms with Crippen LogP contribution in [-0.2, 0) is 12.8 Å². The minimum Gasteiger partial charge on any atom is -0.313 e. The fourth-order valence-corrected chi connectivity index (χ4v) is 2.53. The maximum atomic E-state index is 4.65. The van der Waals surface area contributed by atoms with Crippen molar-refractivity contribution in [3.63, 3.8) is 0 Å². The highest BCUT2D eigenvalue weighted by molar-refractivity contribution is 9.10. The van der Waals surface area contributed by atoms with Crippen molar-refractivity contribution < 1.29 is 0 Å². The van der Waals surface area contributed by atoms with Crippen LogP contribution in [0.2, 0.25) is 0 Å². The second-order valence-electron chi connectivity index (χ2n) is 4.78. The van der Waals surface area contributed by atoms with Gasteiger partial charge in [0.25, 0.3) is 0 Å². The molecule has 0 amide bonds. The smallest absolute Gasteiger partial charge is 0.151 e. The molecule has 0 aliphatic carbocycles. The molecule has 2 aromatic rings. The molecule has 1 aromatic carbocycles. The zero-order valence-corrected chi connectivity index (χ0v) is 14.0. The van der Waals surface area contributed by atoms with E-state index >= 15 is 0 Å². The first-order chi connectivity index (χ1) is 9.60. The summed E-state index contributed by atoms with van der Waals surface area (Å²) in [5, 5.41) is 7.94. The third-order valence-corrected chi connectivity index (χ3v) is 3.96. The molecule has 2 rings (SSSR count). The molecule has 1 aromatic heterocycles. The predicted molar refractivity (Wildman–Crippen MR) is 85.3 cm³/mol. The zero-order valence-electron chi connectivity index (χ0n) is 12.4. The van der Waals surface area contributed by atoms with Gasteiger partial charge in [-0.3, -0.25) is 0 Å². The van der Waals surface area contributed by atoms with Crippen LogP contribution < -0.4 is 5.32 Å². The molecule has 0 spiro atoms. The van der Waals surface area contributed by atoms with Crippen molar-refractivity contribution >= 4 is 15.9 Å². The molecule has 0 aliphatic heterocycles. The van der Waals surface area contributed by atoms with E-state index in [4.69, 9.17) is 0 Å². The lowest BCUT2D eigenvalue weighted by molar-refractivity contribution is 0.640. The topological polar surface area (TPSA) is 42.7 Å². The number of rotatable bonds is 5. The Kier molecular flexibility index (Phi) is 4.94. The molecule has 108 valence electrons. The molecule has 1 N–H and O–H groups in total. The minimum atomic E-state index is 0.261. The van der Waals surface area contributed by atoms with Crippen molar-refractivity contribution in [1.29, 1.82) is 0 Å². The zero-order chi connectivity index (χ0) is 14.7. The molecule has 20 heavy (non-hydrogen) atoms. The molecule has 0 saturated heterocycles. The van der Waals surface area contributed by atoms with E-state index < -0.39 is 0 Å². The number of nitrogens with one attached hydrogen (secondary N) is 1. The Morgan fingerprint density at radius 2 is 2.05 bits per heavy atom. The summed E-state index contributed by atoms with van der Waals surface area (Å²) in [5.41, 5.74) is 2.31. The second-order valence-corrected chi connectivity index (χ2v) is 5.69. The van der Waals surface area contributed by atoms with Gasteiger partial charge in [0.05, 0.1) is 5.69 Å². The van der Waals surface area contributed by atoms with Gasteiger partial charge in [0.1, 0.15) is 5.82 Å². The third-order valence-electron chi connectivity index (χ3n) is 3.47. The molecular weight excluding hydrogens is 316 g/mol. The summed E-state index contributed by atoms with van der Waals surface area (Å²) in [6, 6.07) is 6.57. The lowest BCUT2D eigenvalue weighted by atomic mass is 10.1. The highest BCUT2D eigenvalue weighted by Gasteiger charge is 2.16. The van der Waals surface area contributed by atoms with Crippen molar-refractivity contribution in [2.45, 2.75) is 39.7 Å². The molecule has 1 unspecified atom stereocenters. The van der Waals surface area contributed by atoms with Crippen LogP contribution in [0.4, 0.5) is 0 Å². The molecule has 0 bridgehead atoms. The Bertz CT molecular complexity index is 592. The summed E-state index contributed by atoms with van der Waals surface area (Å²) in [6.07, 6.45) is 1.72. The Labute approximate surface area is 128 Å². The summed E-state index contributed by atoms with van der Waals surface area (Å²) < 4.78 is 3.03. The largest absolute Gasteiger partial charge is 0.313 e. The van der Waals surface area contributed by atoms with Crippen LogP contribution in [0.3, 0.4) is 0 Å². The van der Waals surface area contributed by atoms with Gasteiger partial charge in [-0.05, 0) is 31.7 Å². The van der Waals surface area contributed by atoms with Crippen LogP contribution >= 0.6 is 15.9 Å². The van der Waals surface area contributed by atoms with E-state index in [0.717, 1.165) is 34.7 Å². The van der Waals surface area contributed by atoms with Gasteiger partial charge in [0.15, 0.2) is 5.82 Å². The highest BCUT2D eigenvalue weighted by atomic mass is 79.9. The van der Waals surface area contributed by atoms with Gasteiger partial charge >= 0.3 is 0 Å².